The average Bonchev–Trinajstić information content (AvgIpc) is 3.45. The summed E-state index contributed by atoms with van der Waals surface area (Å²) in [4.78, 5) is 38.4. The van der Waals surface area contributed by atoms with Gasteiger partial charge < -0.3 is 14.2 Å². The van der Waals surface area contributed by atoms with Gasteiger partial charge in [0.05, 0.1) is 0 Å². The molecule has 0 rings (SSSR count). The van der Waals surface area contributed by atoms with Crippen molar-refractivity contribution in [1.29, 1.82) is 0 Å². The van der Waals surface area contributed by atoms with Crippen molar-refractivity contribution in [2.24, 2.45) is 0 Å². The van der Waals surface area contributed by atoms with Crippen molar-refractivity contribution in [3.8, 4) is 0 Å². The van der Waals surface area contributed by atoms with Gasteiger partial charge in [0.1, 0.15) is 13.2 Å². The Kier molecular flexibility index (Phi) is 63.3. The third-order valence-corrected chi connectivity index (χ3v) is 14.3. The van der Waals surface area contributed by atoms with Crippen molar-refractivity contribution < 1.29 is 28.6 Å². The van der Waals surface area contributed by atoms with Gasteiger partial charge in [-0.1, -0.05) is 304 Å². The van der Waals surface area contributed by atoms with Crippen molar-refractivity contribution in [1.82, 2.24) is 0 Å². The normalized spacial score (nSPS) is 12.8. The molecule has 0 aliphatic rings. The van der Waals surface area contributed by atoms with Crippen molar-refractivity contribution in [3.63, 3.8) is 0 Å². The lowest BCUT2D eigenvalue weighted by molar-refractivity contribution is -0.167. The van der Waals surface area contributed by atoms with E-state index < -0.39 is 6.10 Å². The second kappa shape index (κ2) is 66.6. The molecule has 0 amide bonds. The second-order valence-corrected chi connectivity index (χ2v) is 22.0. The summed E-state index contributed by atoms with van der Waals surface area (Å²) in [5, 5.41) is 0. The fourth-order valence-corrected chi connectivity index (χ4v) is 9.35. The molecule has 0 aliphatic carbocycles. The number of ether oxygens (including phenoxy) is 3. The SMILES string of the molecule is CC/C=C\C/C=C\C/C=C\C/C=C\C/C=C\C/C=C\CCCCCCCCCCC(=O)OCC(COC(=O)CCCCCCCCCCCCCCCCCCC)OC(=O)CCCCCCCCC/C=C\C/C=C\C/C=C\CC. The van der Waals surface area contributed by atoms with E-state index in [0.29, 0.717) is 19.3 Å². The molecule has 1 atom stereocenters. The lowest BCUT2D eigenvalue weighted by Crippen LogP contribution is -2.30. The standard InChI is InChI=1S/C73H124O6/c1-4-7-10-13-16-19-22-25-28-31-32-33-34-35-36-37-38-39-40-43-45-48-51-54-57-60-63-66-72(75)78-69-70(79-73(76)67-64-61-58-55-52-49-46-42-30-27-24-21-18-15-12-9-6-3)68-77-71(74)65-62-59-56-53-50-47-44-41-29-26-23-20-17-14-11-8-5-2/h7,9-10,12,16,18-19,21,25,27-28,30,32-33,35-36,38-39,70H,4-6,8,11,13-15,17,20,22-24,26,29,31,34,37,40-69H2,1-3H3/b10-7-,12-9-,19-16-,21-18-,28-25-,30-27-,33-32-,36-35-,39-38-. The first-order valence-corrected chi connectivity index (χ1v) is 33.4. The Labute approximate surface area is 489 Å². The Morgan fingerprint density at radius 2 is 0.494 bits per heavy atom. The van der Waals surface area contributed by atoms with Crippen LogP contribution in [-0.4, -0.2) is 37.2 Å². The van der Waals surface area contributed by atoms with Crippen LogP contribution in [0.5, 0.6) is 0 Å². The summed E-state index contributed by atoms with van der Waals surface area (Å²) in [5.41, 5.74) is 0. The van der Waals surface area contributed by atoms with Crippen LogP contribution in [0.2, 0.25) is 0 Å². The maximum absolute atomic E-state index is 12.9. The van der Waals surface area contributed by atoms with Crippen molar-refractivity contribution in [3.05, 3.63) is 109 Å². The van der Waals surface area contributed by atoms with Gasteiger partial charge in [0.15, 0.2) is 6.10 Å². The summed E-state index contributed by atoms with van der Waals surface area (Å²) in [6.07, 6.45) is 90.9. The van der Waals surface area contributed by atoms with Gasteiger partial charge in [-0.3, -0.25) is 14.4 Å². The molecule has 1 unspecified atom stereocenters. The van der Waals surface area contributed by atoms with Gasteiger partial charge >= 0.3 is 17.9 Å². The van der Waals surface area contributed by atoms with Crippen molar-refractivity contribution in [2.45, 2.75) is 322 Å². The summed E-state index contributed by atoms with van der Waals surface area (Å²) in [7, 11) is 0. The van der Waals surface area contributed by atoms with Gasteiger partial charge in [0.2, 0.25) is 0 Å². The van der Waals surface area contributed by atoms with Crippen LogP contribution in [0.3, 0.4) is 0 Å². The molecule has 0 saturated carbocycles. The van der Waals surface area contributed by atoms with E-state index in [-0.39, 0.29) is 31.1 Å². The summed E-state index contributed by atoms with van der Waals surface area (Å²) in [6, 6.07) is 0. The molecular formula is C73H124O6. The molecule has 0 aliphatic heterocycles. The zero-order chi connectivity index (χ0) is 57.1. The van der Waals surface area contributed by atoms with Crippen LogP contribution in [0.25, 0.3) is 0 Å². The Hall–Kier alpha value is -3.93. The molecule has 0 heterocycles. The molecule has 0 radical (unpaired) electrons. The summed E-state index contributed by atoms with van der Waals surface area (Å²) in [6.45, 7) is 6.44. The highest BCUT2D eigenvalue weighted by Crippen LogP contribution is 2.17. The molecule has 0 spiro atoms. The van der Waals surface area contributed by atoms with Crippen LogP contribution >= 0.6 is 0 Å². The maximum Gasteiger partial charge on any atom is 0.306 e. The number of hydrogen-bond donors (Lipinski definition) is 0. The summed E-state index contributed by atoms with van der Waals surface area (Å²) >= 11 is 0. The third-order valence-electron chi connectivity index (χ3n) is 14.3. The van der Waals surface area contributed by atoms with E-state index in [1.807, 2.05) is 0 Å². The number of carbonyl (C=O) groups excluding carboxylic acids is 3. The van der Waals surface area contributed by atoms with Crippen LogP contribution < -0.4 is 0 Å². The zero-order valence-electron chi connectivity index (χ0n) is 51.9. The summed E-state index contributed by atoms with van der Waals surface area (Å²) in [5.74, 6) is -0.889. The van der Waals surface area contributed by atoms with Gasteiger partial charge in [-0.15, -0.1) is 0 Å². The Balaban J connectivity index is 4.36. The topological polar surface area (TPSA) is 78.9 Å². The minimum Gasteiger partial charge on any atom is -0.462 e. The Bertz CT molecular complexity index is 1590. The third kappa shape index (κ3) is 64.8. The van der Waals surface area contributed by atoms with Crippen LogP contribution in [0.15, 0.2) is 109 Å². The minimum atomic E-state index is -0.789. The molecule has 0 bridgehead atoms. The first-order chi connectivity index (χ1) is 39.0. The lowest BCUT2D eigenvalue weighted by atomic mass is 10.0. The van der Waals surface area contributed by atoms with Crippen molar-refractivity contribution >= 4 is 17.9 Å². The monoisotopic (exact) mass is 1100 g/mol. The number of rotatable bonds is 60. The predicted molar refractivity (Wildman–Crippen MR) is 343 cm³/mol. The van der Waals surface area contributed by atoms with Crippen LogP contribution in [-0.2, 0) is 28.6 Å². The first kappa shape index (κ1) is 75.1. The van der Waals surface area contributed by atoms with Crippen LogP contribution in [0.1, 0.15) is 316 Å². The minimum absolute atomic E-state index is 0.0826. The van der Waals surface area contributed by atoms with Gasteiger partial charge in [-0.2, -0.15) is 0 Å². The van der Waals surface area contributed by atoms with Gasteiger partial charge in [0, 0.05) is 19.3 Å². The number of carbonyl (C=O) groups is 3. The highest BCUT2D eigenvalue weighted by atomic mass is 16.6. The van der Waals surface area contributed by atoms with Crippen LogP contribution in [0.4, 0.5) is 0 Å². The number of allylic oxidation sites excluding steroid dienone is 18. The van der Waals surface area contributed by atoms with E-state index >= 15 is 0 Å². The Morgan fingerprint density at radius 3 is 0.772 bits per heavy atom. The van der Waals surface area contributed by atoms with Crippen molar-refractivity contribution in [2.75, 3.05) is 13.2 Å². The predicted octanol–water partition coefficient (Wildman–Crippen LogP) is 23.0. The number of hydrogen-bond acceptors (Lipinski definition) is 6. The molecule has 0 saturated heterocycles. The highest BCUT2D eigenvalue weighted by Gasteiger charge is 2.19. The molecular weight excluding hydrogens is 973 g/mol. The van der Waals surface area contributed by atoms with E-state index in [2.05, 4.69) is 130 Å². The fourth-order valence-electron chi connectivity index (χ4n) is 9.35. The summed E-state index contributed by atoms with van der Waals surface area (Å²) < 4.78 is 17.0. The molecule has 0 N–H and O–H groups in total. The van der Waals surface area contributed by atoms with Crippen LogP contribution in [0, 0.1) is 0 Å². The molecule has 79 heavy (non-hydrogen) atoms. The van der Waals surface area contributed by atoms with Gasteiger partial charge in [-0.25, -0.2) is 0 Å². The maximum atomic E-state index is 12.9. The molecule has 6 heteroatoms. The Morgan fingerprint density at radius 1 is 0.266 bits per heavy atom. The largest absolute Gasteiger partial charge is 0.462 e. The number of unbranched alkanes of at least 4 members (excludes halogenated alkanes) is 31. The van der Waals surface area contributed by atoms with E-state index in [9.17, 15) is 14.4 Å². The van der Waals surface area contributed by atoms with E-state index in [1.165, 1.54) is 148 Å². The highest BCUT2D eigenvalue weighted by molar-refractivity contribution is 5.71. The number of esters is 3. The van der Waals surface area contributed by atoms with E-state index in [0.717, 1.165) is 128 Å². The quantitative estimate of drug-likeness (QED) is 0.0261. The average molecular weight is 1100 g/mol. The van der Waals surface area contributed by atoms with Gasteiger partial charge in [0.25, 0.3) is 0 Å². The molecule has 6 nitrogen and oxygen atoms in total. The molecule has 452 valence electrons. The lowest BCUT2D eigenvalue weighted by Gasteiger charge is -2.18. The fraction of sp³-hybridized carbons (Fsp3) is 0.712. The molecule has 0 aromatic rings. The van der Waals surface area contributed by atoms with E-state index in [1.54, 1.807) is 0 Å². The molecule has 0 aromatic heterocycles. The van der Waals surface area contributed by atoms with E-state index in [4.69, 9.17) is 14.2 Å². The first-order valence-electron chi connectivity index (χ1n) is 33.4. The zero-order valence-corrected chi connectivity index (χ0v) is 51.9. The molecule has 0 fully saturated rings. The van der Waals surface area contributed by atoms with Gasteiger partial charge in [-0.05, 0) is 103 Å². The molecule has 0 aromatic carbocycles. The smallest absolute Gasteiger partial charge is 0.306 e. The second-order valence-electron chi connectivity index (χ2n) is 22.0.